The number of halogens is 1. The monoisotopic (exact) mass is 281 g/mol. The van der Waals surface area contributed by atoms with E-state index in [2.05, 4.69) is 9.88 Å². The number of hydrogen-bond donors (Lipinski definition) is 0. The molecular weight excluding hydrogens is 262 g/mol. The fourth-order valence-electron chi connectivity index (χ4n) is 2.37. The maximum absolute atomic E-state index is 12.3. The van der Waals surface area contributed by atoms with Crippen LogP contribution in [0.3, 0.4) is 0 Å². The van der Waals surface area contributed by atoms with Crippen molar-refractivity contribution in [3.63, 3.8) is 0 Å². The first-order valence-corrected chi connectivity index (χ1v) is 7.06. The molecule has 0 aromatic carbocycles. The molecule has 4 nitrogen and oxygen atoms in total. The molecule has 0 atom stereocenters. The van der Waals surface area contributed by atoms with Crippen LogP contribution in [0.1, 0.15) is 28.9 Å². The number of carbonyl (C=O) groups is 1. The molecule has 1 amide bonds. The van der Waals surface area contributed by atoms with Crippen molar-refractivity contribution in [1.82, 2.24) is 14.8 Å². The van der Waals surface area contributed by atoms with Gasteiger partial charge in [-0.3, -0.25) is 4.79 Å². The molecule has 2 heterocycles. The smallest absolute Gasteiger partial charge is 0.253 e. The lowest BCUT2D eigenvalue weighted by atomic mass is 10.2. The van der Waals surface area contributed by atoms with Crippen LogP contribution < -0.4 is 0 Å². The zero-order valence-corrected chi connectivity index (χ0v) is 12.3. The van der Waals surface area contributed by atoms with E-state index in [1.54, 1.807) is 17.0 Å². The van der Waals surface area contributed by atoms with Gasteiger partial charge in [-0.25, -0.2) is 4.98 Å². The predicted octanol–water partition coefficient (Wildman–Crippen LogP) is 2.21. The molecule has 2 rings (SSSR count). The van der Waals surface area contributed by atoms with Crippen molar-refractivity contribution in [2.45, 2.75) is 19.8 Å². The minimum absolute atomic E-state index is 0.00611. The molecule has 0 unspecified atom stereocenters. The van der Waals surface area contributed by atoms with Gasteiger partial charge >= 0.3 is 0 Å². The average molecular weight is 282 g/mol. The first kappa shape index (κ1) is 14.3. The predicted molar refractivity (Wildman–Crippen MR) is 76.6 cm³/mol. The maximum Gasteiger partial charge on any atom is 0.253 e. The van der Waals surface area contributed by atoms with Crippen LogP contribution in [0.15, 0.2) is 12.1 Å². The van der Waals surface area contributed by atoms with E-state index in [1.165, 1.54) is 12.8 Å². The Balaban J connectivity index is 1.93. The van der Waals surface area contributed by atoms with Gasteiger partial charge in [-0.2, -0.15) is 0 Å². The minimum atomic E-state index is 0.00611. The Morgan fingerprint density at radius 2 is 2.11 bits per heavy atom. The molecule has 0 N–H and O–H groups in total. The van der Waals surface area contributed by atoms with Gasteiger partial charge in [0.1, 0.15) is 5.15 Å². The molecule has 19 heavy (non-hydrogen) atoms. The number of carbonyl (C=O) groups excluding carboxylic acids is 1. The first-order chi connectivity index (χ1) is 9.06. The highest BCUT2D eigenvalue weighted by Crippen LogP contribution is 2.12. The Labute approximate surface area is 119 Å². The van der Waals surface area contributed by atoms with Crippen molar-refractivity contribution in [2.24, 2.45) is 0 Å². The van der Waals surface area contributed by atoms with Crippen LogP contribution in [0.5, 0.6) is 0 Å². The van der Waals surface area contributed by atoms with Crippen LogP contribution in [0.25, 0.3) is 0 Å². The lowest BCUT2D eigenvalue weighted by Gasteiger charge is -2.21. The minimum Gasteiger partial charge on any atom is -0.340 e. The Morgan fingerprint density at radius 1 is 1.42 bits per heavy atom. The second-order valence-corrected chi connectivity index (χ2v) is 5.48. The van der Waals surface area contributed by atoms with Gasteiger partial charge in [-0.1, -0.05) is 11.6 Å². The third-order valence-electron chi connectivity index (χ3n) is 3.47. The van der Waals surface area contributed by atoms with Gasteiger partial charge < -0.3 is 9.80 Å². The lowest BCUT2D eigenvalue weighted by molar-refractivity contribution is 0.0782. The normalized spacial score (nSPS) is 15.7. The fourth-order valence-corrected chi connectivity index (χ4v) is 2.62. The summed E-state index contributed by atoms with van der Waals surface area (Å²) >= 11 is 5.89. The summed E-state index contributed by atoms with van der Waals surface area (Å²) in [6.45, 7) is 5.84. The molecule has 0 spiro atoms. The molecule has 1 saturated heterocycles. The van der Waals surface area contributed by atoms with Crippen molar-refractivity contribution in [1.29, 1.82) is 0 Å². The number of aryl methyl sites for hydroxylation is 1. The third-order valence-corrected chi connectivity index (χ3v) is 3.66. The van der Waals surface area contributed by atoms with Gasteiger partial charge in [0.15, 0.2) is 0 Å². The van der Waals surface area contributed by atoms with E-state index in [0.717, 1.165) is 31.9 Å². The topological polar surface area (TPSA) is 36.4 Å². The van der Waals surface area contributed by atoms with Crippen molar-refractivity contribution in [3.8, 4) is 0 Å². The van der Waals surface area contributed by atoms with Crippen LogP contribution in [0.2, 0.25) is 5.15 Å². The number of nitrogens with zero attached hydrogens (tertiary/aromatic N) is 3. The Kier molecular flexibility index (Phi) is 4.77. The van der Waals surface area contributed by atoms with Crippen LogP contribution in [-0.2, 0) is 0 Å². The molecule has 1 fully saturated rings. The highest BCUT2D eigenvalue weighted by Gasteiger charge is 2.16. The van der Waals surface area contributed by atoms with Crippen LogP contribution in [-0.4, -0.2) is 53.9 Å². The SMILES string of the molecule is Cc1cc(C(=O)N(C)CCN2CCCC2)cc(Cl)n1. The number of likely N-dealkylation sites (tertiary alicyclic amines) is 1. The van der Waals surface area contributed by atoms with Gasteiger partial charge in [0, 0.05) is 31.4 Å². The molecule has 5 heteroatoms. The van der Waals surface area contributed by atoms with E-state index in [-0.39, 0.29) is 5.91 Å². The van der Waals surface area contributed by atoms with E-state index in [1.807, 2.05) is 14.0 Å². The number of likely N-dealkylation sites (N-methyl/N-ethyl adjacent to an activating group) is 1. The zero-order chi connectivity index (χ0) is 13.8. The van der Waals surface area contributed by atoms with Gasteiger partial charge in [0.2, 0.25) is 0 Å². The first-order valence-electron chi connectivity index (χ1n) is 6.68. The molecule has 104 valence electrons. The number of aromatic nitrogens is 1. The Morgan fingerprint density at radius 3 is 2.74 bits per heavy atom. The van der Waals surface area contributed by atoms with E-state index in [0.29, 0.717) is 10.7 Å². The molecular formula is C14H20ClN3O. The molecule has 1 aliphatic rings. The van der Waals surface area contributed by atoms with E-state index < -0.39 is 0 Å². The number of rotatable bonds is 4. The third kappa shape index (κ3) is 3.91. The van der Waals surface area contributed by atoms with E-state index in [4.69, 9.17) is 11.6 Å². The summed E-state index contributed by atoms with van der Waals surface area (Å²) in [4.78, 5) is 20.5. The summed E-state index contributed by atoms with van der Waals surface area (Å²) in [6.07, 6.45) is 2.55. The second-order valence-electron chi connectivity index (χ2n) is 5.10. The molecule has 1 aromatic heterocycles. The molecule has 0 radical (unpaired) electrons. The molecule has 0 saturated carbocycles. The average Bonchev–Trinajstić information content (AvgIpc) is 2.87. The fraction of sp³-hybridized carbons (Fsp3) is 0.571. The van der Waals surface area contributed by atoms with Crippen molar-refractivity contribution in [3.05, 3.63) is 28.5 Å². The van der Waals surface area contributed by atoms with Crippen LogP contribution in [0.4, 0.5) is 0 Å². The quantitative estimate of drug-likeness (QED) is 0.794. The van der Waals surface area contributed by atoms with Crippen molar-refractivity contribution < 1.29 is 4.79 Å². The maximum atomic E-state index is 12.3. The van der Waals surface area contributed by atoms with E-state index in [9.17, 15) is 4.79 Å². The number of amides is 1. The van der Waals surface area contributed by atoms with Crippen LogP contribution >= 0.6 is 11.6 Å². The lowest BCUT2D eigenvalue weighted by Crippen LogP contribution is -2.35. The van der Waals surface area contributed by atoms with Gasteiger partial charge in [-0.15, -0.1) is 0 Å². The van der Waals surface area contributed by atoms with Crippen LogP contribution in [0, 0.1) is 6.92 Å². The van der Waals surface area contributed by atoms with Crippen molar-refractivity contribution in [2.75, 3.05) is 33.2 Å². The largest absolute Gasteiger partial charge is 0.340 e. The summed E-state index contributed by atoms with van der Waals surface area (Å²) < 4.78 is 0. The summed E-state index contributed by atoms with van der Waals surface area (Å²) in [6, 6.07) is 3.41. The van der Waals surface area contributed by atoms with E-state index >= 15 is 0 Å². The molecule has 1 aliphatic heterocycles. The zero-order valence-electron chi connectivity index (χ0n) is 11.5. The summed E-state index contributed by atoms with van der Waals surface area (Å²) in [7, 11) is 1.84. The summed E-state index contributed by atoms with van der Waals surface area (Å²) in [5, 5.41) is 0.372. The summed E-state index contributed by atoms with van der Waals surface area (Å²) in [5.41, 5.74) is 1.38. The Bertz CT molecular complexity index is 438. The molecule has 0 aliphatic carbocycles. The second kappa shape index (κ2) is 6.35. The number of pyridine rings is 1. The van der Waals surface area contributed by atoms with Gasteiger partial charge in [0.25, 0.3) is 5.91 Å². The molecule has 1 aromatic rings. The summed E-state index contributed by atoms with van der Waals surface area (Å²) in [5.74, 6) is 0.00611. The number of hydrogen-bond acceptors (Lipinski definition) is 3. The molecule has 0 bridgehead atoms. The highest BCUT2D eigenvalue weighted by atomic mass is 35.5. The van der Waals surface area contributed by atoms with Gasteiger partial charge in [0.05, 0.1) is 0 Å². The Hall–Kier alpha value is -1.13. The van der Waals surface area contributed by atoms with Gasteiger partial charge in [-0.05, 0) is 45.0 Å². The standard InChI is InChI=1S/C14H20ClN3O/c1-11-9-12(10-13(15)16-11)14(19)17(2)7-8-18-5-3-4-6-18/h9-10H,3-8H2,1-2H3. The highest BCUT2D eigenvalue weighted by molar-refractivity contribution is 6.29. The van der Waals surface area contributed by atoms with Crippen molar-refractivity contribution >= 4 is 17.5 Å².